The van der Waals surface area contributed by atoms with Gasteiger partial charge in [0.2, 0.25) is 0 Å². The number of amides is 1. The summed E-state index contributed by atoms with van der Waals surface area (Å²) in [7, 11) is -0.441. The molecule has 0 aromatic heterocycles. The number of carbonyl (C=O) groups excluding carboxylic acids is 1. The smallest absolute Gasteiger partial charge is 0.257 e. The van der Waals surface area contributed by atoms with Crippen LogP contribution in [0.1, 0.15) is 28.9 Å². The Morgan fingerprint density at radius 3 is 2.57 bits per heavy atom. The number of carbonyl (C=O) groups is 1. The van der Waals surface area contributed by atoms with Crippen molar-refractivity contribution < 1.29 is 9.90 Å². The maximum atomic E-state index is 12.7. The molecule has 1 heterocycles. The third kappa shape index (κ3) is 4.67. The van der Waals surface area contributed by atoms with E-state index >= 15 is 0 Å². The highest BCUT2D eigenvalue weighted by molar-refractivity contribution is 8.15. The van der Waals surface area contributed by atoms with E-state index in [1.807, 2.05) is 36.8 Å². The molecule has 1 aliphatic heterocycles. The molecule has 2 aromatic rings. The molecule has 0 saturated carbocycles. The third-order valence-corrected chi connectivity index (χ3v) is 6.86. The number of aliphatic hydroxyl groups excluding tert-OH is 1. The lowest BCUT2D eigenvalue weighted by Crippen LogP contribution is -2.17. The molecule has 2 unspecified atom stereocenters. The highest BCUT2D eigenvalue weighted by Crippen LogP contribution is 2.31. The second-order valence-corrected chi connectivity index (χ2v) is 9.15. The number of rotatable bonds is 4. The Balaban J connectivity index is 1.83. The van der Waals surface area contributed by atoms with E-state index in [0.717, 1.165) is 10.5 Å². The van der Waals surface area contributed by atoms with E-state index in [2.05, 4.69) is 10.6 Å². The molecular weight excluding hydrogens is 415 g/mol. The van der Waals surface area contributed by atoms with E-state index in [4.69, 9.17) is 23.2 Å². The number of anilines is 1. The highest BCUT2D eigenvalue weighted by atomic mass is 35.5. The molecule has 7 heteroatoms. The third-order valence-electron chi connectivity index (χ3n) is 4.36. The largest absolute Gasteiger partial charge is 0.381 e. The van der Waals surface area contributed by atoms with Gasteiger partial charge in [0, 0.05) is 15.6 Å². The lowest BCUT2D eigenvalue weighted by atomic mass is 10.0. The number of hydrogen-bond acceptors (Lipinski definition) is 2. The highest BCUT2D eigenvalue weighted by Gasteiger charge is 2.16. The molecule has 28 heavy (non-hydrogen) atoms. The standard InChI is InChI=1S/C21H20Cl2N2O2S/c1-13(26)28(2)15-7-8-16(19(23)12-15)21(27)25-14-6-9-18(22)17(11-14)20-5-3-4-10-24-20/h3-12,20,24,26H,1-2H3,(H,25,27). The number of benzene rings is 2. The van der Waals surface area contributed by atoms with Crippen molar-refractivity contribution in [2.75, 3.05) is 11.6 Å². The lowest BCUT2D eigenvalue weighted by molar-refractivity contribution is 0.102. The molecule has 3 N–H and O–H groups in total. The number of hydrogen-bond donors (Lipinski definition) is 3. The Hall–Kier alpha value is -2.05. The number of halogens is 2. The molecule has 0 bridgehead atoms. The first-order chi connectivity index (χ1) is 13.4. The molecule has 0 spiro atoms. The fraction of sp³-hybridized carbons (Fsp3) is 0.143. The van der Waals surface area contributed by atoms with Crippen molar-refractivity contribution in [3.63, 3.8) is 0 Å². The summed E-state index contributed by atoms with van der Waals surface area (Å²) in [5.74, 6) is -0.308. The first-order valence-electron chi connectivity index (χ1n) is 8.55. The number of aliphatic hydroxyl groups is 1. The van der Waals surface area contributed by atoms with Gasteiger partial charge in [0.15, 0.2) is 0 Å². The van der Waals surface area contributed by atoms with Crippen LogP contribution in [0.4, 0.5) is 5.69 Å². The van der Waals surface area contributed by atoms with Crippen LogP contribution in [0.2, 0.25) is 10.0 Å². The lowest BCUT2D eigenvalue weighted by Gasteiger charge is -2.19. The topological polar surface area (TPSA) is 61.4 Å². The second kappa shape index (κ2) is 8.97. The first kappa shape index (κ1) is 20.7. The number of allylic oxidation sites excluding steroid dienone is 2. The molecule has 0 radical (unpaired) electrons. The van der Waals surface area contributed by atoms with Gasteiger partial charge in [-0.25, -0.2) is 0 Å². The van der Waals surface area contributed by atoms with Gasteiger partial charge < -0.3 is 15.7 Å². The first-order valence-corrected chi connectivity index (χ1v) is 10.9. The summed E-state index contributed by atoms with van der Waals surface area (Å²) in [6, 6.07) is 10.5. The summed E-state index contributed by atoms with van der Waals surface area (Å²) >= 11 is 12.6. The summed E-state index contributed by atoms with van der Waals surface area (Å²) in [6.07, 6.45) is 9.58. The van der Waals surface area contributed by atoms with Gasteiger partial charge in [0.05, 0.1) is 21.7 Å². The molecule has 0 aliphatic carbocycles. The summed E-state index contributed by atoms with van der Waals surface area (Å²) < 4.78 is 0. The van der Waals surface area contributed by atoms with Crippen LogP contribution >= 0.6 is 33.7 Å². The second-order valence-electron chi connectivity index (χ2n) is 6.25. The van der Waals surface area contributed by atoms with Crippen molar-refractivity contribution in [3.05, 3.63) is 82.0 Å². The molecule has 1 amide bonds. The Kier molecular flexibility index (Phi) is 6.62. The predicted octanol–water partition coefficient (Wildman–Crippen LogP) is 5.93. The van der Waals surface area contributed by atoms with E-state index in [-0.39, 0.29) is 11.9 Å². The van der Waals surface area contributed by atoms with Gasteiger partial charge in [-0.05, 0) is 67.4 Å². The van der Waals surface area contributed by atoms with Gasteiger partial charge >= 0.3 is 0 Å². The van der Waals surface area contributed by atoms with Crippen LogP contribution in [0, 0.1) is 0 Å². The van der Waals surface area contributed by atoms with E-state index in [1.165, 1.54) is 0 Å². The summed E-state index contributed by atoms with van der Waals surface area (Å²) in [6.45, 7) is 1.65. The van der Waals surface area contributed by atoms with Crippen molar-refractivity contribution in [2.24, 2.45) is 0 Å². The van der Waals surface area contributed by atoms with E-state index < -0.39 is 10.5 Å². The molecule has 0 saturated heterocycles. The van der Waals surface area contributed by atoms with Gasteiger partial charge in [-0.2, -0.15) is 0 Å². The molecule has 1 aliphatic rings. The van der Waals surface area contributed by atoms with Crippen LogP contribution in [-0.4, -0.2) is 22.3 Å². The van der Waals surface area contributed by atoms with Gasteiger partial charge in [0.25, 0.3) is 5.91 Å². The summed E-state index contributed by atoms with van der Waals surface area (Å²) in [4.78, 5) is 13.6. The van der Waals surface area contributed by atoms with Crippen molar-refractivity contribution in [1.82, 2.24) is 5.32 Å². The van der Waals surface area contributed by atoms with Crippen LogP contribution in [0.25, 0.3) is 0 Å². The fourth-order valence-electron chi connectivity index (χ4n) is 2.74. The van der Waals surface area contributed by atoms with Gasteiger partial charge in [-0.15, -0.1) is 10.5 Å². The Morgan fingerprint density at radius 1 is 1.14 bits per heavy atom. The van der Waals surface area contributed by atoms with Crippen molar-refractivity contribution in [1.29, 1.82) is 0 Å². The molecule has 2 atom stereocenters. The van der Waals surface area contributed by atoms with Crippen LogP contribution < -0.4 is 10.6 Å². The van der Waals surface area contributed by atoms with E-state index in [9.17, 15) is 9.90 Å². The van der Waals surface area contributed by atoms with Crippen LogP contribution in [-0.2, 0) is 0 Å². The van der Waals surface area contributed by atoms with Gasteiger partial charge in [-0.3, -0.25) is 4.79 Å². The van der Waals surface area contributed by atoms with Crippen LogP contribution in [0.15, 0.2) is 65.7 Å². The minimum atomic E-state index is -0.441. The minimum Gasteiger partial charge on any atom is -0.381 e. The maximum absolute atomic E-state index is 12.7. The number of dihydropyridines is 1. The molecule has 0 fully saturated rings. The zero-order valence-corrected chi connectivity index (χ0v) is 17.7. The molecule has 3 rings (SSSR count). The number of nitrogens with one attached hydrogen (secondary N) is 2. The normalized spacial score (nSPS) is 17.0. The SMILES string of the molecule is C/C(O)=S(/C)c1ccc(C(=O)Nc2ccc(Cl)c(C3C=CC=CN3)c2)c(Cl)c1. The zero-order valence-electron chi connectivity index (χ0n) is 15.4. The maximum Gasteiger partial charge on any atom is 0.257 e. The minimum absolute atomic E-state index is 0.0577. The van der Waals surface area contributed by atoms with Gasteiger partial charge in [-0.1, -0.05) is 35.4 Å². The Labute approximate surface area is 176 Å². The molecule has 146 valence electrons. The zero-order chi connectivity index (χ0) is 20.3. The fourth-order valence-corrected chi connectivity index (χ4v) is 4.21. The molecule has 4 nitrogen and oxygen atoms in total. The molecular formula is C21H20Cl2N2O2S. The predicted molar refractivity (Wildman–Crippen MR) is 120 cm³/mol. The van der Waals surface area contributed by atoms with Crippen LogP contribution in [0.5, 0.6) is 0 Å². The van der Waals surface area contributed by atoms with Crippen molar-refractivity contribution >= 4 is 50.3 Å². The monoisotopic (exact) mass is 434 g/mol. The quantitative estimate of drug-likeness (QED) is 0.522. The van der Waals surface area contributed by atoms with Crippen molar-refractivity contribution in [2.45, 2.75) is 17.9 Å². The molecule has 2 aromatic carbocycles. The van der Waals surface area contributed by atoms with Crippen LogP contribution in [0.3, 0.4) is 0 Å². The Morgan fingerprint density at radius 2 is 1.93 bits per heavy atom. The van der Waals surface area contributed by atoms with Gasteiger partial charge in [0.1, 0.15) is 0 Å². The Bertz CT molecular complexity index is 1010. The average Bonchev–Trinajstić information content (AvgIpc) is 2.69. The van der Waals surface area contributed by atoms with E-state index in [1.54, 1.807) is 37.3 Å². The average molecular weight is 435 g/mol. The van der Waals surface area contributed by atoms with Crippen molar-refractivity contribution in [3.8, 4) is 0 Å². The van der Waals surface area contributed by atoms with E-state index in [0.29, 0.717) is 26.3 Å². The summed E-state index contributed by atoms with van der Waals surface area (Å²) in [5, 5.41) is 17.0. The summed E-state index contributed by atoms with van der Waals surface area (Å²) in [5.41, 5.74) is 1.86.